The molecule has 1 fully saturated rings. The molecular formula is C27H21FN2O5S. The zero-order chi connectivity index (χ0) is 25.4. The van der Waals surface area contributed by atoms with Crippen LogP contribution in [0.5, 0.6) is 11.5 Å². The van der Waals surface area contributed by atoms with Crippen molar-refractivity contribution in [3.05, 3.63) is 89.2 Å². The predicted octanol–water partition coefficient (Wildman–Crippen LogP) is 5.47. The summed E-state index contributed by atoms with van der Waals surface area (Å²) >= 11 is 1.23. The number of thiazole rings is 1. The summed E-state index contributed by atoms with van der Waals surface area (Å²) in [7, 11) is 1.56. The topological polar surface area (TPSA) is 89.0 Å². The van der Waals surface area contributed by atoms with Crippen molar-refractivity contribution in [2.24, 2.45) is 0 Å². The Morgan fingerprint density at radius 1 is 1.06 bits per heavy atom. The molecule has 4 aromatic rings. The van der Waals surface area contributed by atoms with Gasteiger partial charge in [-0.2, -0.15) is 0 Å². The number of aliphatic hydroxyl groups is 1. The highest BCUT2D eigenvalue weighted by Crippen LogP contribution is 2.44. The van der Waals surface area contributed by atoms with Crippen molar-refractivity contribution in [3.63, 3.8) is 0 Å². The average molecular weight is 505 g/mol. The van der Waals surface area contributed by atoms with Gasteiger partial charge in [0, 0.05) is 5.56 Å². The first kappa shape index (κ1) is 23.5. The smallest absolute Gasteiger partial charge is 0.301 e. The third kappa shape index (κ3) is 4.07. The Hall–Kier alpha value is -4.24. The molecule has 0 unspecified atom stereocenters. The monoisotopic (exact) mass is 504 g/mol. The van der Waals surface area contributed by atoms with E-state index in [9.17, 15) is 19.1 Å². The molecule has 2 heterocycles. The Balaban J connectivity index is 1.69. The van der Waals surface area contributed by atoms with Crippen LogP contribution < -0.4 is 14.4 Å². The molecule has 9 heteroatoms. The number of aliphatic hydroxyl groups excluding tert-OH is 1. The number of ether oxygens (including phenoxy) is 2. The Kier molecular flexibility index (Phi) is 6.15. The van der Waals surface area contributed by atoms with Crippen molar-refractivity contribution in [2.75, 3.05) is 18.6 Å². The number of fused-ring (bicyclic) bond motifs is 1. The molecule has 1 atom stereocenters. The number of benzene rings is 3. The van der Waals surface area contributed by atoms with Gasteiger partial charge in [0.2, 0.25) is 0 Å². The summed E-state index contributed by atoms with van der Waals surface area (Å²) in [5, 5.41) is 11.4. The standard InChI is InChI=1S/C27H21FN2O5S/c1-3-35-18-10-6-15(7-11-18)23-22(24(31)16-4-8-17(28)9-5-16)25(32)26(33)30(23)27-29-20-13-12-19(34-2)14-21(20)36-27/h4-14,23,31H,3H2,1-2H3/t23-/m1/s1. The summed E-state index contributed by atoms with van der Waals surface area (Å²) in [5.74, 6) is -1.28. The number of rotatable bonds is 6. The van der Waals surface area contributed by atoms with Crippen LogP contribution in [0.15, 0.2) is 72.3 Å². The van der Waals surface area contributed by atoms with Gasteiger partial charge in [-0.05, 0) is 67.1 Å². The molecule has 5 rings (SSSR count). The highest BCUT2D eigenvalue weighted by Gasteiger charge is 2.48. The zero-order valence-corrected chi connectivity index (χ0v) is 20.2. The van der Waals surface area contributed by atoms with Gasteiger partial charge in [0.1, 0.15) is 23.1 Å². The maximum absolute atomic E-state index is 13.5. The van der Waals surface area contributed by atoms with Gasteiger partial charge >= 0.3 is 5.91 Å². The maximum atomic E-state index is 13.5. The van der Waals surface area contributed by atoms with Gasteiger partial charge in [0.05, 0.1) is 35.5 Å². The van der Waals surface area contributed by atoms with Crippen LogP contribution in [0.4, 0.5) is 9.52 Å². The largest absolute Gasteiger partial charge is 0.507 e. The first-order chi connectivity index (χ1) is 17.4. The fourth-order valence-corrected chi connectivity index (χ4v) is 5.16. The lowest BCUT2D eigenvalue weighted by molar-refractivity contribution is -0.132. The molecule has 3 aromatic carbocycles. The highest BCUT2D eigenvalue weighted by molar-refractivity contribution is 7.22. The van der Waals surface area contributed by atoms with Gasteiger partial charge in [0.15, 0.2) is 5.13 Å². The van der Waals surface area contributed by atoms with E-state index in [1.807, 2.05) is 6.92 Å². The van der Waals surface area contributed by atoms with E-state index < -0.39 is 29.3 Å². The number of hydrogen-bond donors (Lipinski definition) is 1. The molecule has 0 aliphatic carbocycles. The normalized spacial score (nSPS) is 17.1. The van der Waals surface area contributed by atoms with E-state index in [1.54, 1.807) is 49.6 Å². The molecule has 1 N–H and O–H groups in total. The van der Waals surface area contributed by atoms with Crippen LogP contribution in [-0.2, 0) is 9.59 Å². The maximum Gasteiger partial charge on any atom is 0.301 e. The van der Waals surface area contributed by atoms with E-state index in [0.29, 0.717) is 34.3 Å². The number of amides is 1. The van der Waals surface area contributed by atoms with Crippen LogP contribution in [0, 0.1) is 5.82 Å². The van der Waals surface area contributed by atoms with Crippen molar-refractivity contribution in [3.8, 4) is 11.5 Å². The molecule has 0 bridgehead atoms. The molecule has 1 aliphatic rings. The average Bonchev–Trinajstić information content (AvgIpc) is 3.42. The number of nitrogens with zero attached hydrogens (tertiary/aromatic N) is 2. The van der Waals surface area contributed by atoms with Crippen LogP contribution in [0.3, 0.4) is 0 Å². The van der Waals surface area contributed by atoms with Gasteiger partial charge in [-0.3, -0.25) is 14.5 Å². The van der Waals surface area contributed by atoms with Gasteiger partial charge in [-0.25, -0.2) is 9.37 Å². The lowest BCUT2D eigenvalue weighted by Crippen LogP contribution is -2.29. The zero-order valence-electron chi connectivity index (χ0n) is 19.4. The molecule has 7 nitrogen and oxygen atoms in total. The van der Waals surface area contributed by atoms with Crippen LogP contribution in [0.25, 0.3) is 16.0 Å². The highest BCUT2D eigenvalue weighted by atomic mass is 32.1. The predicted molar refractivity (Wildman–Crippen MR) is 135 cm³/mol. The number of Topliss-reactive ketones (excluding diaryl/α,β-unsaturated/α-hetero) is 1. The SMILES string of the molecule is CCOc1ccc([C@@H]2C(=C(O)c3ccc(F)cc3)C(=O)C(=O)N2c2nc3ccc(OC)cc3s2)cc1. The Labute approximate surface area is 210 Å². The van der Waals surface area contributed by atoms with E-state index in [1.165, 1.54) is 40.5 Å². The van der Waals surface area contributed by atoms with E-state index in [4.69, 9.17) is 9.47 Å². The Bertz CT molecular complexity index is 1500. The van der Waals surface area contributed by atoms with E-state index in [0.717, 1.165) is 4.70 Å². The number of carbonyl (C=O) groups is 2. The Morgan fingerprint density at radius 2 is 1.75 bits per heavy atom. The minimum Gasteiger partial charge on any atom is -0.507 e. The molecular weight excluding hydrogens is 483 g/mol. The molecule has 1 aliphatic heterocycles. The van der Waals surface area contributed by atoms with Crippen molar-refractivity contribution in [2.45, 2.75) is 13.0 Å². The number of carbonyl (C=O) groups excluding carboxylic acids is 2. The first-order valence-corrected chi connectivity index (χ1v) is 12.0. The van der Waals surface area contributed by atoms with Crippen molar-refractivity contribution in [1.29, 1.82) is 0 Å². The second-order valence-corrected chi connectivity index (χ2v) is 9.02. The molecule has 1 saturated heterocycles. The minimum atomic E-state index is -0.951. The second kappa shape index (κ2) is 9.43. The van der Waals surface area contributed by atoms with E-state index in [-0.39, 0.29) is 11.1 Å². The molecule has 0 spiro atoms. The van der Waals surface area contributed by atoms with E-state index >= 15 is 0 Å². The molecule has 36 heavy (non-hydrogen) atoms. The van der Waals surface area contributed by atoms with Gasteiger partial charge in [-0.15, -0.1) is 0 Å². The second-order valence-electron chi connectivity index (χ2n) is 8.01. The van der Waals surface area contributed by atoms with Crippen LogP contribution in [0.1, 0.15) is 24.1 Å². The summed E-state index contributed by atoms with van der Waals surface area (Å²) in [5.41, 5.74) is 1.34. The fourth-order valence-electron chi connectivity index (χ4n) is 4.14. The molecule has 0 radical (unpaired) electrons. The van der Waals surface area contributed by atoms with Crippen molar-refractivity contribution >= 4 is 44.1 Å². The van der Waals surface area contributed by atoms with Crippen LogP contribution >= 0.6 is 11.3 Å². The summed E-state index contributed by atoms with van der Waals surface area (Å²) in [6, 6.07) is 16.4. The third-order valence-corrected chi connectivity index (χ3v) is 6.88. The molecule has 182 valence electrons. The van der Waals surface area contributed by atoms with Crippen molar-refractivity contribution < 1.29 is 28.6 Å². The van der Waals surface area contributed by atoms with Gasteiger partial charge in [0.25, 0.3) is 5.78 Å². The Morgan fingerprint density at radius 3 is 2.42 bits per heavy atom. The fraction of sp³-hybridized carbons (Fsp3) is 0.148. The number of hydrogen-bond acceptors (Lipinski definition) is 7. The lowest BCUT2D eigenvalue weighted by Gasteiger charge is -2.23. The number of methoxy groups -OCH3 is 1. The number of anilines is 1. The third-order valence-electron chi connectivity index (χ3n) is 5.86. The first-order valence-electron chi connectivity index (χ1n) is 11.2. The molecule has 0 saturated carbocycles. The summed E-state index contributed by atoms with van der Waals surface area (Å²) in [6.07, 6.45) is 0. The molecule has 1 amide bonds. The number of halogens is 1. The van der Waals surface area contributed by atoms with Crippen LogP contribution in [-0.4, -0.2) is 35.5 Å². The summed E-state index contributed by atoms with van der Waals surface area (Å²) < 4.78 is 25.1. The summed E-state index contributed by atoms with van der Waals surface area (Å²) in [6.45, 7) is 2.35. The van der Waals surface area contributed by atoms with Gasteiger partial charge in [-0.1, -0.05) is 23.5 Å². The minimum absolute atomic E-state index is 0.104. The summed E-state index contributed by atoms with van der Waals surface area (Å²) in [4.78, 5) is 32.5. The van der Waals surface area contributed by atoms with E-state index in [2.05, 4.69) is 4.98 Å². The number of ketones is 1. The van der Waals surface area contributed by atoms with Crippen molar-refractivity contribution in [1.82, 2.24) is 4.98 Å². The van der Waals surface area contributed by atoms with Crippen LogP contribution in [0.2, 0.25) is 0 Å². The lowest BCUT2D eigenvalue weighted by atomic mass is 9.95. The van der Waals surface area contributed by atoms with Gasteiger partial charge < -0.3 is 14.6 Å². The quantitative estimate of drug-likeness (QED) is 0.213. The number of aromatic nitrogens is 1. The molecule has 1 aromatic heterocycles.